The standard InChI is InChI=1S/C23H14ClF3N4/c24-17-11-7-15(8-12-17)21-20(13-14-5-9-16(10-6-14)23(25,26)27)28-22-18-3-1-2-4-19(18)29-31(22)30-21/h1-12H,13H2. The number of benzene rings is 3. The zero-order valence-electron chi connectivity index (χ0n) is 15.9. The molecule has 0 saturated heterocycles. The summed E-state index contributed by atoms with van der Waals surface area (Å²) in [5.74, 6) is 0. The van der Waals surface area contributed by atoms with E-state index in [0.29, 0.717) is 34.0 Å². The lowest BCUT2D eigenvalue weighted by atomic mass is 10.0. The summed E-state index contributed by atoms with van der Waals surface area (Å²) in [4.78, 5) is 4.81. The van der Waals surface area contributed by atoms with Crippen molar-refractivity contribution in [1.82, 2.24) is 19.8 Å². The van der Waals surface area contributed by atoms with Crippen molar-refractivity contribution in [2.24, 2.45) is 0 Å². The van der Waals surface area contributed by atoms with Crippen molar-refractivity contribution >= 4 is 28.2 Å². The molecule has 8 heteroatoms. The molecule has 2 heterocycles. The Labute approximate surface area is 179 Å². The summed E-state index contributed by atoms with van der Waals surface area (Å²) in [6, 6.07) is 19.8. The van der Waals surface area contributed by atoms with Crippen LogP contribution in [-0.2, 0) is 12.6 Å². The Morgan fingerprint density at radius 2 is 1.55 bits per heavy atom. The van der Waals surface area contributed by atoms with Crippen molar-refractivity contribution in [3.63, 3.8) is 0 Å². The lowest BCUT2D eigenvalue weighted by Crippen LogP contribution is -2.07. The van der Waals surface area contributed by atoms with Crippen LogP contribution in [0.15, 0.2) is 72.8 Å². The number of halogens is 4. The Bertz CT molecular complexity index is 1390. The van der Waals surface area contributed by atoms with Gasteiger partial charge in [-0.1, -0.05) is 48.0 Å². The first-order valence-electron chi connectivity index (χ1n) is 9.45. The third-order valence-electron chi connectivity index (χ3n) is 5.02. The molecule has 0 radical (unpaired) electrons. The van der Waals surface area contributed by atoms with Gasteiger partial charge in [0, 0.05) is 22.4 Å². The van der Waals surface area contributed by atoms with Gasteiger partial charge < -0.3 is 0 Å². The first-order valence-corrected chi connectivity index (χ1v) is 9.83. The first kappa shape index (κ1) is 19.5. The van der Waals surface area contributed by atoms with Gasteiger partial charge in [0.2, 0.25) is 0 Å². The average Bonchev–Trinajstić information content (AvgIpc) is 3.11. The highest BCUT2D eigenvalue weighted by Gasteiger charge is 2.30. The van der Waals surface area contributed by atoms with Gasteiger partial charge >= 0.3 is 6.18 Å². The van der Waals surface area contributed by atoms with Crippen LogP contribution in [0.1, 0.15) is 16.8 Å². The lowest BCUT2D eigenvalue weighted by Gasteiger charge is -2.11. The highest BCUT2D eigenvalue weighted by Crippen LogP contribution is 2.30. The average molecular weight is 439 g/mol. The summed E-state index contributed by atoms with van der Waals surface area (Å²) in [5, 5.41) is 10.6. The van der Waals surface area contributed by atoms with Gasteiger partial charge in [-0.2, -0.15) is 13.2 Å². The molecule has 31 heavy (non-hydrogen) atoms. The molecule has 0 atom stereocenters. The summed E-state index contributed by atoms with van der Waals surface area (Å²) in [7, 11) is 0. The van der Waals surface area contributed by atoms with Gasteiger partial charge in [0.25, 0.3) is 0 Å². The molecule has 5 rings (SSSR count). The Kier molecular flexibility index (Phi) is 4.63. The summed E-state index contributed by atoms with van der Waals surface area (Å²) >= 11 is 6.02. The summed E-state index contributed by atoms with van der Waals surface area (Å²) in [6.07, 6.45) is -4.05. The second-order valence-electron chi connectivity index (χ2n) is 7.12. The molecule has 5 aromatic rings. The fourth-order valence-corrected chi connectivity index (χ4v) is 3.60. The predicted octanol–water partition coefficient (Wildman–Crippen LogP) is 6.21. The molecule has 154 valence electrons. The van der Waals surface area contributed by atoms with Gasteiger partial charge in [0.15, 0.2) is 5.65 Å². The SMILES string of the molecule is FC(F)(F)c1ccc(Cc2nc3c4ccccc4nn3nc2-c2ccc(Cl)cc2)cc1. The van der Waals surface area contributed by atoms with Crippen molar-refractivity contribution in [1.29, 1.82) is 0 Å². The van der Waals surface area contributed by atoms with Gasteiger partial charge in [-0.25, -0.2) is 4.98 Å². The Hall–Kier alpha value is -3.45. The number of hydrogen-bond donors (Lipinski definition) is 0. The Balaban J connectivity index is 1.65. The number of fused-ring (bicyclic) bond motifs is 3. The van der Waals surface area contributed by atoms with E-state index >= 15 is 0 Å². The Morgan fingerprint density at radius 3 is 2.26 bits per heavy atom. The van der Waals surface area contributed by atoms with Crippen LogP contribution in [-0.4, -0.2) is 19.8 Å². The fourth-order valence-electron chi connectivity index (χ4n) is 3.48. The van der Waals surface area contributed by atoms with Gasteiger partial charge in [-0.15, -0.1) is 14.8 Å². The number of nitrogens with zero attached hydrogens (tertiary/aromatic N) is 4. The predicted molar refractivity (Wildman–Crippen MR) is 113 cm³/mol. The van der Waals surface area contributed by atoms with Gasteiger partial charge in [0.05, 0.1) is 16.8 Å². The second kappa shape index (κ2) is 7.35. The van der Waals surface area contributed by atoms with Crippen LogP contribution >= 0.6 is 11.6 Å². The highest BCUT2D eigenvalue weighted by atomic mass is 35.5. The van der Waals surface area contributed by atoms with E-state index in [1.807, 2.05) is 36.4 Å². The molecule has 0 amide bonds. The molecule has 0 N–H and O–H groups in total. The van der Waals surface area contributed by atoms with E-state index in [0.717, 1.165) is 28.6 Å². The molecule has 0 unspecified atom stereocenters. The molecule has 4 nitrogen and oxygen atoms in total. The topological polar surface area (TPSA) is 43.1 Å². The number of aromatic nitrogens is 4. The third-order valence-corrected chi connectivity index (χ3v) is 5.27. The van der Waals surface area contributed by atoms with E-state index in [1.54, 1.807) is 12.1 Å². The molecule has 0 spiro atoms. The minimum Gasteiger partial charge on any atom is -0.229 e. The number of alkyl halides is 3. The molecule has 3 aromatic carbocycles. The van der Waals surface area contributed by atoms with E-state index in [9.17, 15) is 13.2 Å². The largest absolute Gasteiger partial charge is 0.416 e. The van der Waals surface area contributed by atoms with Gasteiger partial charge in [-0.3, -0.25) is 0 Å². The number of rotatable bonds is 3. The molecule has 2 aromatic heterocycles. The van der Waals surface area contributed by atoms with Crippen LogP contribution in [0.3, 0.4) is 0 Å². The van der Waals surface area contributed by atoms with Gasteiger partial charge in [0.1, 0.15) is 5.69 Å². The monoisotopic (exact) mass is 438 g/mol. The quantitative estimate of drug-likeness (QED) is 0.336. The van der Waals surface area contributed by atoms with Crippen LogP contribution < -0.4 is 0 Å². The van der Waals surface area contributed by atoms with Crippen LogP contribution in [0.5, 0.6) is 0 Å². The lowest BCUT2D eigenvalue weighted by molar-refractivity contribution is -0.137. The van der Waals surface area contributed by atoms with Crippen molar-refractivity contribution in [2.45, 2.75) is 12.6 Å². The molecule has 0 saturated carbocycles. The number of hydrogen-bond acceptors (Lipinski definition) is 3. The van der Waals surface area contributed by atoms with E-state index in [-0.39, 0.29) is 0 Å². The zero-order chi connectivity index (χ0) is 21.6. The summed E-state index contributed by atoms with van der Waals surface area (Å²) in [5.41, 5.74) is 3.40. The van der Waals surface area contributed by atoms with E-state index in [4.69, 9.17) is 16.6 Å². The van der Waals surface area contributed by atoms with Crippen molar-refractivity contribution in [2.75, 3.05) is 0 Å². The van der Waals surface area contributed by atoms with Crippen LogP contribution in [0.25, 0.3) is 27.8 Å². The molecular formula is C23H14ClF3N4. The van der Waals surface area contributed by atoms with Crippen molar-refractivity contribution in [3.05, 3.63) is 94.6 Å². The molecule has 0 fully saturated rings. The zero-order valence-corrected chi connectivity index (χ0v) is 16.7. The maximum absolute atomic E-state index is 12.9. The van der Waals surface area contributed by atoms with E-state index in [2.05, 4.69) is 10.2 Å². The van der Waals surface area contributed by atoms with Crippen molar-refractivity contribution in [3.8, 4) is 11.3 Å². The maximum atomic E-state index is 12.9. The van der Waals surface area contributed by atoms with Crippen LogP contribution in [0.2, 0.25) is 5.02 Å². The summed E-state index contributed by atoms with van der Waals surface area (Å²) in [6.45, 7) is 0. The highest BCUT2D eigenvalue weighted by molar-refractivity contribution is 6.30. The normalized spacial score (nSPS) is 12.0. The maximum Gasteiger partial charge on any atom is 0.416 e. The molecule has 0 aliphatic heterocycles. The van der Waals surface area contributed by atoms with Crippen LogP contribution in [0.4, 0.5) is 13.2 Å². The van der Waals surface area contributed by atoms with Crippen LogP contribution in [0, 0.1) is 0 Å². The third kappa shape index (κ3) is 3.72. The molecule has 0 aliphatic carbocycles. The van der Waals surface area contributed by atoms with Gasteiger partial charge in [-0.05, 0) is 42.0 Å². The van der Waals surface area contributed by atoms with E-state index < -0.39 is 11.7 Å². The smallest absolute Gasteiger partial charge is 0.229 e. The van der Waals surface area contributed by atoms with E-state index in [1.165, 1.54) is 16.8 Å². The second-order valence-corrected chi connectivity index (χ2v) is 7.55. The first-order chi connectivity index (χ1) is 14.9. The molecule has 0 aliphatic rings. The summed E-state index contributed by atoms with van der Waals surface area (Å²) < 4.78 is 40.2. The minimum absolute atomic E-state index is 0.319. The molecular weight excluding hydrogens is 425 g/mol. The molecule has 0 bridgehead atoms. The minimum atomic E-state index is -4.37. The van der Waals surface area contributed by atoms with Crippen molar-refractivity contribution < 1.29 is 13.2 Å². The fraction of sp³-hybridized carbons (Fsp3) is 0.0870. The Morgan fingerprint density at radius 1 is 0.839 bits per heavy atom.